The van der Waals surface area contributed by atoms with E-state index in [-0.39, 0.29) is 11.1 Å². The Balaban J connectivity index is 1.81. The first-order chi connectivity index (χ1) is 13.5. The molecule has 3 rings (SSSR count). The van der Waals surface area contributed by atoms with Crippen LogP contribution in [0.5, 0.6) is 11.5 Å². The Kier molecular flexibility index (Phi) is 7.46. The van der Waals surface area contributed by atoms with Crippen LogP contribution in [0.15, 0.2) is 21.5 Å². The van der Waals surface area contributed by atoms with Gasteiger partial charge in [-0.1, -0.05) is 35.2 Å². The maximum Gasteiger partial charge on any atom is 0.293 e. The summed E-state index contributed by atoms with van der Waals surface area (Å²) >= 11 is 4.55. The molecule has 1 heterocycles. The monoisotopic (exact) mass is 467 g/mol. The van der Waals surface area contributed by atoms with E-state index < -0.39 is 0 Å². The minimum atomic E-state index is -0.195. The van der Waals surface area contributed by atoms with Crippen LogP contribution < -0.4 is 9.47 Å². The maximum atomic E-state index is 12.8. The van der Waals surface area contributed by atoms with Crippen LogP contribution in [0.4, 0.5) is 4.79 Å². The molecule has 0 N–H and O–H groups in total. The topological polar surface area (TPSA) is 55.8 Å². The fourth-order valence-corrected chi connectivity index (χ4v) is 4.90. The van der Waals surface area contributed by atoms with Crippen LogP contribution in [0.1, 0.15) is 51.5 Å². The lowest BCUT2D eigenvalue weighted by Gasteiger charge is -2.25. The van der Waals surface area contributed by atoms with Gasteiger partial charge in [-0.25, -0.2) is 0 Å². The molecule has 1 aliphatic heterocycles. The fraction of sp³-hybridized carbons (Fsp3) is 0.524. The molecule has 1 aromatic rings. The summed E-state index contributed by atoms with van der Waals surface area (Å²) in [7, 11) is 0. The summed E-state index contributed by atoms with van der Waals surface area (Å²) < 4.78 is 12.1. The average Bonchev–Trinajstić information content (AvgIpc) is 2.94. The molecule has 0 radical (unpaired) electrons. The van der Waals surface area contributed by atoms with Crippen LogP contribution in [0, 0.1) is 5.92 Å². The third-order valence-electron chi connectivity index (χ3n) is 4.99. The molecular formula is C21H26BrNO4S. The van der Waals surface area contributed by atoms with Gasteiger partial charge in [0.05, 0.1) is 18.1 Å². The molecular weight excluding hydrogens is 442 g/mol. The SMILES string of the molecule is CCOc1cc(Br)c(/C=C2/SC(=O)N(CC3CCCCC3)C2=O)cc1OCC. The van der Waals surface area contributed by atoms with Gasteiger partial charge in [-0.3, -0.25) is 14.5 Å². The number of imide groups is 1. The zero-order valence-corrected chi connectivity index (χ0v) is 18.7. The smallest absolute Gasteiger partial charge is 0.293 e. The predicted octanol–water partition coefficient (Wildman–Crippen LogP) is 5.86. The maximum absolute atomic E-state index is 12.8. The molecule has 5 nitrogen and oxygen atoms in total. The number of amides is 2. The Morgan fingerprint density at radius 1 is 1.11 bits per heavy atom. The summed E-state index contributed by atoms with van der Waals surface area (Å²) in [6.07, 6.45) is 7.60. The van der Waals surface area contributed by atoms with Crippen molar-refractivity contribution in [2.75, 3.05) is 19.8 Å². The van der Waals surface area contributed by atoms with E-state index in [0.29, 0.717) is 42.1 Å². The summed E-state index contributed by atoms with van der Waals surface area (Å²) in [5.74, 6) is 1.52. The Bertz CT molecular complexity index is 774. The van der Waals surface area contributed by atoms with Gasteiger partial charge < -0.3 is 9.47 Å². The van der Waals surface area contributed by atoms with Crippen molar-refractivity contribution in [2.45, 2.75) is 46.0 Å². The van der Waals surface area contributed by atoms with E-state index in [9.17, 15) is 9.59 Å². The Morgan fingerprint density at radius 2 is 1.75 bits per heavy atom. The number of hydrogen-bond donors (Lipinski definition) is 0. The molecule has 1 aromatic carbocycles. The van der Waals surface area contributed by atoms with Crippen molar-refractivity contribution in [3.8, 4) is 11.5 Å². The van der Waals surface area contributed by atoms with Crippen molar-refractivity contribution >= 4 is 44.9 Å². The van der Waals surface area contributed by atoms with E-state index in [0.717, 1.165) is 34.6 Å². The molecule has 0 spiro atoms. The number of carbonyl (C=O) groups is 2. The van der Waals surface area contributed by atoms with Gasteiger partial charge in [-0.2, -0.15) is 0 Å². The molecule has 0 unspecified atom stereocenters. The van der Waals surface area contributed by atoms with Crippen LogP contribution >= 0.6 is 27.7 Å². The molecule has 1 saturated heterocycles. The van der Waals surface area contributed by atoms with Crippen molar-refractivity contribution < 1.29 is 19.1 Å². The highest BCUT2D eigenvalue weighted by atomic mass is 79.9. The second-order valence-electron chi connectivity index (χ2n) is 6.98. The van der Waals surface area contributed by atoms with Crippen LogP contribution in [0.2, 0.25) is 0 Å². The van der Waals surface area contributed by atoms with Crippen molar-refractivity contribution in [1.82, 2.24) is 4.90 Å². The number of rotatable bonds is 7. The Morgan fingerprint density at radius 3 is 2.39 bits per heavy atom. The van der Waals surface area contributed by atoms with E-state index >= 15 is 0 Å². The molecule has 1 aliphatic carbocycles. The van der Waals surface area contributed by atoms with E-state index in [1.54, 1.807) is 6.08 Å². The predicted molar refractivity (Wildman–Crippen MR) is 116 cm³/mol. The molecule has 2 amide bonds. The molecule has 0 atom stereocenters. The van der Waals surface area contributed by atoms with Gasteiger partial charge in [0.25, 0.3) is 11.1 Å². The van der Waals surface area contributed by atoms with E-state index in [1.165, 1.54) is 24.2 Å². The molecule has 28 heavy (non-hydrogen) atoms. The van der Waals surface area contributed by atoms with Crippen molar-refractivity contribution in [3.63, 3.8) is 0 Å². The molecule has 1 saturated carbocycles. The van der Waals surface area contributed by atoms with E-state index in [2.05, 4.69) is 15.9 Å². The highest BCUT2D eigenvalue weighted by Gasteiger charge is 2.36. The number of nitrogens with zero attached hydrogens (tertiary/aromatic N) is 1. The Hall–Kier alpha value is -1.47. The minimum absolute atomic E-state index is 0.172. The van der Waals surface area contributed by atoms with E-state index in [1.807, 2.05) is 26.0 Å². The number of ether oxygens (including phenoxy) is 2. The van der Waals surface area contributed by atoms with Crippen LogP contribution in [0.25, 0.3) is 6.08 Å². The quantitative estimate of drug-likeness (QED) is 0.469. The lowest BCUT2D eigenvalue weighted by atomic mass is 9.89. The number of hydrogen-bond acceptors (Lipinski definition) is 5. The number of halogens is 1. The van der Waals surface area contributed by atoms with Gasteiger partial charge in [0.2, 0.25) is 0 Å². The van der Waals surface area contributed by atoms with Gasteiger partial charge in [0.1, 0.15) is 0 Å². The first-order valence-electron chi connectivity index (χ1n) is 9.88. The second kappa shape index (κ2) is 9.83. The van der Waals surface area contributed by atoms with Crippen LogP contribution in [0.3, 0.4) is 0 Å². The standard InChI is InChI=1S/C21H26BrNO4S/c1-3-26-17-10-15(16(22)12-18(17)27-4-2)11-19-20(24)23(21(25)28-19)13-14-8-6-5-7-9-14/h10-12,14H,3-9,13H2,1-2H3/b19-11+. The fourth-order valence-electron chi connectivity index (χ4n) is 3.62. The molecule has 0 bridgehead atoms. The molecule has 152 valence electrons. The first kappa shape index (κ1) is 21.2. The number of thioether (sulfide) groups is 1. The lowest BCUT2D eigenvalue weighted by molar-refractivity contribution is -0.123. The van der Waals surface area contributed by atoms with Crippen molar-refractivity contribution in [3.05, 3.63) is 27.1 Å². The summed E-state index contributed by atoms with van der Waals surface area (Å²) in [4.78, 5) is 27.1. The lowest BCUT2D eigenvalue weighted by Crippen LogP contribution is -2.34. The summed E-state index contributed by atoms with van der Waals surface area (Å²) in [6, 6.07) is 3.68. The van der Waals surface area contributed by atoms with Crippen molar-refractivity contribution in [1.29, 1.82) is 0 Å². The molecule has 2 fully saturated rings. The summed E-state index contributed by atoms with van der Waals surface area (Å²) in [5, 5.41) is -0.172. The second-order valence-corrected chi connectivity index (χ2v) is 8.83. The van der Waals surface area contributed by atoms with E-state index in [4.69, 9.17) is 9.47 Å². The minimum Gasteiger partial charge on any atom is -0.490 e. The third kappa shape index (κ3) is 4.92. The zero-order chi connectivity index (χ0) is 20.1. The molecule has 2 aliphatic rings. The van der Waals surface area contributed by atoms with Gasteiger partial charge >= 0.3 is 0 Å². The first-order valence-corrected chi connectivity index (χ1v) is 11.5. The number of carbonyl (C=O) groups excluding carboxylic acids is 2. The summed E-state index contributed by atoms with van der Waals surface area (Å²) in [5.41, 5.74) is 0.787. The highest BCUT2D eigenvalue weighted by Crippen LogP contribution is 2.39. The number of benzene rings is 1. The Labute approximate surface area is 179 Å². The van der Waals surface area contributed by atoms with Gasteiger partial charge in [0.15, 0.2) is 11.5 Å². The van der Waals surface area contributed by atoms with Gasteiger partial charge in [-0.05, 0) is 68.1 Å². The highest BCUT2D eigenvalue weighted by molar-refractivity contribution is 9.10. The van der Waals surface area contributed by atoms with Gasteiger partial charge in [0, 0.05) is 11.0 Å². The molecule has 7 heteroatoms. The largest absolute Gasteiger partial charge is 0.490 e. The van der Waals surface area contributed by atoms with Crippen molar-refractivity contribution in [2.24, 2.45) is 5.92 Å². The molecule has 0 aromatic heterocycles. The summed E-state index contributed by atoms with van der Waals surface area (Å²) in [6.45, 7) is 5.41. The van der Waals surface area contributed by atoms with Crippen LogP contribution in [-0.4, -0.2) is 35.8 Å². The third-order valence-corrected chi connectivity index (χ3v) is 6.58. The van der Waals surface area contributed by atoms with Crippen LogP contribution in [-0.2, 0) is 4.79 Å². The average molecular weight is 468 g/mol. The normalized spacial score (nSPS) is 19.5. The van der Waals surface area contributed by atoms with Gasteiger partial charge in [-0.15, -0.1) is 0 Å². The zero-order valence-electron chi connectivity index (χ0n) is 16.3.